The van der Waals surface area contributed by atoms with E-state index in [0.29, 0.717) is 16.4 Å². The van der Waals surface area contributed by atoms with E-state index in [1.165, 1.54) is 0 Å². The number of fused-ring (bicyclic) bond motifs is 6. The molecule has 0 aliphatic heterocycles. The summed E-state index contributed by atoms with van der Waals surface area (Å²) in [6.45, 7) is 0. The minimum absolute atomic E-state index is 0.0208. The van der Waals surface area contributed by atoms with Crippen LogP contribution in [0.25, 0.3) is 87.6 Å². The molecule has 0 fully saturated rings. The number of para-hydroxylation sites is 1. The number of furan rings is 1. The van der Waals surface area contributed by atoms with Crippen molar-refractivity contribution in [3.05, 3.63) is 157 Å². The summed E-state index contributed by atoms with van der Waals surface area (Å²) in [6, 6.07) is 10.3. The Labute approximate surface area is 270 Å². The van der Waals surface area contributed by atoms with Gasteiger partial charge in [-0.3, -0.25) is 0 Å². The lowest BCUT2D eigenvalue weighted by atomic mass is 9.85. The molecule has 0 bridgehead atoms. The monoisotopic (exact) mass is 561 g/mol. The molecule has 0 atom stereocenters. The molecule has 0 spiro atoms. The van der Waals surface area contributed by atoms with Gasteiger partial charge in [-0.05, 0) is 72.7 Å². The summed E-state index contributed by atoms with van der Waals surface area (Å²) in [5.41, 5.74) is 1.93. The molecule has 0 radical (unpaired) electrons. The normalized spacial score (nSPS) is 16.6. The zero-order valence-corrected chi connectivity index (χ0v) is 22.3. The molecule has 0 aliphatic carbocycles. The average Bonchev–Trinajstić information content (AvgIpc) is 3.61. The van der Waals surface area contributed by atoms with Crippen molar-refractivity contribution in [3.63, 3.8) is 0 Å². The summed E-state index contributed by atoms with van der Waals surface area (Å²) in [5, 5.41) is -0.579. The van der Waals surface area contributed by atoms with Crippen molar-refractivity contribution in [1.29, 1.82) is 0 Å². The number of benzene rings is 8. The summed E-state index contributed by atoms with van der Waals surface area (Å²) in [7, 11) is 0. The lowest BCUT2D eigenvalue weighted by Crippen LogP contribution is -1.91. The van der Waals surface area contributed by atoms with E-state index in [1.54, 1.807) is 18.2 Å². The highest BCUT2D eigenvalue weighted by molar-refractivity contribution is 6.24. The quantitative estimate of drug-likeness (QED) is 0.196. The third kappa shape index (κ3) is 3.72. The number of rotatable bonds is 3. The van der Waals surface area contributed by atoms with Gasteiger partial charge in [0, 0.05) is 21.9 Å². The second-order valence-electron chi connectivity index (χ2n) is 10.1. The fourth-order valence-corrected chi connectivity index (χ4v) is 5.86. The lowest BCUT2D eigenvalue weighted by Gasteiger charge is -2.18. The first-order valence-electron chi connectivity index (χ1n) is 21.1. The molecule has 9 aromatic rings. The highest BCUT2D eigenvalue weighted by atomic mass is 16.3. The van der Waals surface area contributed by atoms with Gasteiger partial charge in [-0.1, -0.05) is 139 Å². The van der Waals surface area contributed by atoms with E-state index >= 15 is 0 Å². The fraction of sp³-hybridized carbons (Fsp3) is 0. The van der Waals surface area contributed by atoms with Gasteiger partial charge in [0.15, 0.2) is 0 Å². The van der Waals surface area contributed by atoms with Crippen molar-refractivity contribution < 1.29 is 25.0 Å². The van der Waals surface area contributed by atoms with E-state index in [0.717, 1.165) is 11.1 Å². The van der Waals surface area contributed by atoms with Crippen LogP contribution in [-0.2, 0) is 0 Å². The number of hydrogen-bond acceptors (Lipinski definition) is 1. The van der Waals surface area contributed by atoms with Crippen molar-refractivity contribution in [2.45, 2.75) is 0 Å². The van der Waals surface area contributed by atoms with Gasteiger partial charge in [-0.15, -0.1) is 0 Å². The minimum atomic E-state index is -0.744. The number of hydrogen-bond donors (Lipinski definition) is 0. The predicted octanol–water partition coefficient (Wildman–Crippen LogP) is 12.0. The minimum Gasteiger partial charge on any atom is -0.455 e. The van der Waals surface area contributed by atoms with Gasteiger partial charge < -0.3 is 4.42 Å². The van der Waals surface area contributed by atoms with Gasteiger partial charge in [0.2, 0.25) is 0 Å². The maximum Gasteiger partial charge on any atom is 0.143 e. The molecule has 0 aliphatic rings. The Bertz CT molecular complexity index is 3260. The molecule has 1 heterocycles. The van der Waals surface area contributed by atoms with Crippen LogP contribution >= 0.6 is 0 Å². The molecule has 0 N–H and O–H groups in total. The van der Waals surface area contributed by atoms with E-state index in [2.05, 4.69) is 0 Å². The molecule has 1 aromatic heterocycles. The Morgan fingerprint density at radius 3 is 1.86 bits per heavy atom. The molecule has 200 valence electrons. The van der Waals surface area contributed by atoms with E-state index in [1.807, 2.05) is 48.5 Å². The Morgan fingerprint density at radius 2 is 1.12 bits per heavy atom. The van der Waals surface area contributed by atoms with Gasteiger partial charge >= 0.3 is 0 Å². The van der Waals surface area contributed by atoms with E-state index in [-0.39, 0.29) is 43.8 Å². The topological polar surface area (TPSA) is 13.1 Å². The van der Waals surface area contributed by atoms with E-state index in [9.17, 15) is 8.22 Å². The van der Waals surface area contributed by atoms with Crippen molar-refractivity contribution in [2.24, 2.45) is 0 Å². The third-order valence-corrected chi connectivity index (χ3v) is 7.75. The molecule has 1 nitrogen and oxygen atoms in total. The van der Waals surface area contributed by atoms with Crippen LogP contribution in [0.4, 0.5) is 0 Å². The summed E-state index contributed by atoms with van der Waals surface area (Å²) in [6.07, 6.45) is 0. The Balaban J connectivity index is 1.55. The molecular weight excluding hydrogens is 520 g/mol. The van der Waals surface area contributed by atoms with E-state index < -0.39 is 107 Å². The maximum absolute atomic E-state index is 9.43. The van der Waals surface area contributed by atoms with Crippen LogP contribution in [-0.4, -0.2) is 0 Å². The first-order chi connectivity index (χ1) is 27.6. The highest BCUT2D eigenvalue weighted by Crippen LogP contribution is 2.47. The maximum atomic E-state index is 9.43. The second kappa shape index (κ2) is 9.44. The van der Waals surface area contributed by atoms with Gasteiger partial charge in [0.1, 0.15) is 11.2 Å². The predicted molar refractivity (Wildman–Crippen MR) is 183 cm³/mol. The average molecular weight is 562 g/mol. The SMILES string of the molecule is [2H]c1c([2H])c([2H])c2c([2H])c(-c3c4c([2H])c([2H])c([2H])c([2H])c4c(-c4cccc5c4oc4ccc(-c6ccccc6)cc45)c4c([2H])c([2H])c([2H])c([2H])c34)c([2H])c([2H])c2c1[2H]. The summed E-state index contributed by atoms with van der Waals surface area (Å²) < 4.78 is 140. The highest BCUT2D eigenvalue weighted by Gasteiger charge is 2.20. The van der Waals surface area contributed by atoms with Crippen LogP contribution in [0.1, 0.15) is 20.6 Å². The van der Waals surface area contributed by atoms with Crippen molar-refractivity contribution in [1.82, 2.24) is 0 Å². The van der Waals surface area contributed by atoms with Crippen molar-refractivity contribution >= 4 is 54.3 Å². The van der Waals surface area contributed by atoms with Crippen LogP contribution in [0.2, 0.25) is 0 Å². The Morgan fingerprint density at radius 1 is 0.442 bits per heavy atom. The van der Waals surface area contributed by atoms with Gasteiger partial charge in [0.25, 0.3) is 0 Å². The Hall–Kier alpha value is -5.66. The largest absolute Gasteiger partial charge is 0.455 e. The summed E-state index contributed by atoms with van der Waals surface area (Å²) in [5.74, 6) is 0. The van der Waals surface area contributed by atoms with Crippen molar-refractivity contribution in [3.8, 4) is 33.4 Å². The van der Waals surface area contributed by atoms with E-state index in [4.69, 9.17) is 16.8 Å². The standard InChI is InChI=1S/C42H26O/c1-2-11-27(12-3-1)30-23-24-39-38(26-30)36-19-10-20-37(42(36)43-39)41-34-17-8-6-15-32(34)40(33-16-7-9-18-35(33)41)31-22-21-28-13-4-5-14-29(28)25-31/h1-26H/i4D,5D,6D,7D,8D,9D,13D,14D,15D,16D,17D,18D,21D,22D,25D. The molecule has 43 heavy (non-hydrogen) atoms. The summed E-state index contributed by atoms with van der Waals surface area (Å²) in [4.78, 5) is 0. The fourth-order valence-electron chi connectivity index (χ4n) is 5.86. The molecule has 9 rings (SSSR count). The first kappa shape index (κ1) is 13.5. The van der Waals surface area contributed by atoms with Crippen LogP contribution in [0.5, 0.6) is 0 Å². The first-order valence-corrected chi connectivity index (χ1v) is 13.6. The molecule has 0 saturated carbocycles. The van der Waals surface area contributed by atoms with Crippen LogP contribution < -0.4 is 0 Å². The van der Waals surface area contributed by atoms with Gasteiger partial charge in [-0.25, -0.2) is 0 Å². The van der Waals surface area contributed by atoms with Crippen LogP contribution in [0.3, 0.4) is 0 Å². The summed E-state index contributed by atoms with van der Waals surface area (Å²) >= 11 is 0. The Kier molecular flexibility index (Phi) is 2.97. The molecular formula is C42H26O. The smallest absolute Gasteiger partial charge is 0.143 e. The van der Waals surface area contributed by atoms with Crippen LogP contribution in [0, 0.1) is 0 Å². The zero-order valence-electron chi connectivity index (χ0n) is 37.3. The molecule has 0 unspecified atom stereocenters. The van der Waals surface area contributed by atoms with Crippen molar-refractivity contribution in [2.75, 3.05) is 0 Å². The third-order valence-electron chi connectivity index (χ3n) is 7.75. The second-order valence-corrected chi connectivity index (χ2v) is 10.1. The molecule has 0 saturated heterocycles. The van der Waals surface area contributed by atoms with Crippen LogP contribution in [0.15, 0.2) is 162 Å². The zero-order chi connectivity index (χ0) is 41.4. The molecule has 8 aromatic carbocycles. The van der Waals surface area contributed by atoms with Gasteiger partial charge in [0.05, 0.1) is 20.6 Å². The molecule has 0 amide bonds. The molecule has 1 heteroatoms. The van der Waals surface area contributed by atoms with Gasteiger partial charge in [-0.2, -0.15) is 0 Å². The lowest BCUT2D eigenvalue weighted by molar-refractivity contribution is 0.670.